The summed E-state index contributed by atoms with van der Waals surface area (Å²) in [5, 5.41) is 7.35. The molecule has 2 N–H and O–H groups in total. The highest BCUT2D eigenvalue weighted by Gasteiger charge is 2.13. The van der Waals surface area contributed by atoms with Crippen LogP contribution in [-0.4, -0.2) is 46.6 Å². The number of benzene rings is 1. The van der Waals surface area contributed by atoms with E-state index < -0.39 is 0 Å². The monoisotopic (exact) mass is 364 g/mol. The number of carbonyl (C=O) groups is 1. The summed E-state index contributed by atoms with van der Waals surface area (Å²) in [6.45, 7) is 3.59. The van der Waals surface area contributed by atoms with E-state index in [-0.39, 0.29) is 5.91 Å². The van der Waals surface area contributed by atoms with Crippen molar-refractivity contribution >= 4 is 28.4 Å². The van der Waals surface area contributed by atoms with Crippen LogP contribution in [0.4, 0.5) is 11.6 Å². The van der Waals surface area contributed by atoms with E-state index in [9.17, 15) is 4.79 Å². The SMILES string of the molecule is O=C(Cn1ccc2ccccc21)NCCNc1cc(N2CCCC2)ncn1. The maximum Gasteiger partial charge on any atom is 0.240 e. The fraction of sp³-hybridized carbons (Fsp3) is 0.350. The fourth-order valence-corrected chi connectivity index (χ4v) is 3.44. The van der Waals surface area contributed by atoms with Crippen LogP contribution >= 0.6 is 0 Å². The van der Waals surface area contributed by atoms with Gasteiger partial charge in [0.15, 0.2) is 0 Å². The van der Waals surface area contributed by atoms with Gasteiger partial charge in [-0.25, -0.2) is 9.97 Å². The molecule has 0 radical (unpaired) electrons. The molecule has 3 heterocycles. The van der Waals surface area contributed by atoms with E-state index in [1.165, 1.54) is 12.8 Å². The molecule has 1 aliphatic rings. The maximum atomic E-state index is 12.2. The quantitative estimate of drug-likeness (QED) is 0.629. The van der Waals surface area contributed by atoms with E-state index in [1.807, 2.05) is 47.2 Å². The summed E-state index contributed by atoms with van der Waals surface area (Å²) in [5.41, 5.74) is 1.07. The number of amides is 1. The lowest BCUT2D eigenvalue weighted by Gasteiger charge is -2.16. The zero-order valence-corrected chi connectivity index (χ0v) is 15.3. The van der Waals surface area contributed by atoms with Gasteiger partial charge < -0.3 is 20.1 Å². The summed E-state index contributed by atoms with van der Waals surface area (Å²) in [6, 6.07) is 12.1. The van der Waals surface area contributed by atoms with Gasteiger partial charge in [-0.05, 0) is 30.4 Å². The molecule has 3 aromatic rings. The van der Waals surface area contributed by atoms with E-state index in [1.54, 1.807) is 6.33 Å². The van der Waals surface area contributed by atoms with Gasteiger partial charge >= 0.3 is 0 Å². The van der Waals surface area contributed by atoms with E-state index >= 15 is 0 Å². The van der Waals surface area contributed by atoms with Gasteiger partial charge in [-0.15, -0.1) is 0 Å². The van der Waals surface area contributed by atoms with Crippen molar-refractivity contribution in [1.29, 1.82) is 0 Å². The van der Waals surface area contributed by atoms with Crippen molar-refractivity contribution in [3.8, 4) is 0 Å². The van der Waals surface area contributed by atoms with E-state index in [4.69, 9.17) is 0 Å². The van der Waals surface area contributed by atoms with Crippen molar-refractivity contribution in [3.05, 3.63) is 48.9 Å². The lowest BCUT2D eigenvalue weighted by Crippen LogP contribution is -2.31. The smallest absolute Gasteiger partial charge is 0.240 e. The average Bonchev–Trinajstić information content (AvgIpc) is 3.36. The fourth-order valence-electron chi connectivity index (χ4n) is 3.44. The molecule has 1 amide bonds. The van der Waals surface area contributed by atoms with E-state index in [2.05, 4.69) is 25.5 Å². The summed E-state index contributed by atoms with van der Waals surface area (Å²) in [5.74, 6) is 1.75. The molecule has 1 aromatic carbocycles. The Hall–Kier alpha value is -3.09. The Bertz CT molecular complexity index is 915. The highest BCUT2D eigenvalue weighted by molar-refractivity contribution is 5.83. The summed E-state index contributed by atoms with van der Waals surface area (Å²) in [7, 11) is 0. The minimum Gasteiger partial charge on any atom is -0.368 e. The van der Waals surface area contributed by atoms with Crippen molar-refractivity contribution in [1.82, 2.24) is 19.9 Å². The molecule has 0 unspecified atom stereocenters. The first-order valence-corrected chi connectivity index (χ1v) is 9.41. The van der Waals surface area contributed by atoms with Crippen LogP contribution in [0.2, 0.25) is 0 Å². The minimum absolute atomic E-state index is 0.00130. The first-order chi connectivity index (χ1) is 13.3. The van der Waals surface area contributed by atoms with Gasteiger partial charge in [0, 0.05) is 44.0 Å². The van der Waals surface area contributed by atoms with Crippen LogP contribution in [0.15, 0.2) is 48.9 Å². The standard InChI is InChI=1S/C20H24N6O/c27-20(14-26-12-7-16-5-1-2-6-17(16)26)22-9-8-21-18-13-19(24-15-23-18)25-10-3-4-11-25/h1-2,5-7,12-13,15H,3-4,8-11,14H2,(H,22,27)(H,21,23,24). The highest BCUT2D eigenvalue weighted by Crippen LogP contribution is 2.19. The predicted octanol–water partition coefficient (Wildman–Crippen LogP) is 2.26. The van der Waals surface area contributed by atoms with Crippen molar-refractivity contribution < 1.29 is 4.79 Å². The summed E-state index contributed by atoms with van der Waals surface area (Å²) in [4.78, 5) is 23.1. The Labute approximate surface area is 158 Å². The van der Waals surface area contributed by atoms with Gasteiger partial charge in [0.1, 0.15) is 24.5 Å². The molecule has 1 fully saturated rings. The lowest BCUT2D eigenvalue weighted by atomic mass is 10.2. The molecular weight excluding hydrogens is 340 g/mol. The molecule has 0 spiro atoms. The van der Waals surface area contributed by atoms with Crippen LogP contribution in [0.5, 0.6) is 0 Å². The molecule has 0 aliphatic carbocycles. The predicted molar refractivity (Wildman–Crippen MR) is 107 cm³/mol. The normalized spacial score (nSPS) is 13.9. The first-order valence-electron chi connectivity index (χ1n) is 9.41. The molecule has 0 bridgehead atoms. The molecule has 0 atom stereocenters. The van der Waals surface area contributed by atoms with Gasteiger partial charge in [-0.1, -0.05) is 18.2 Å². The van der Waals surface area contributed by atoms with Gasteiger partial charge in [0.25, 0.3) is 0 Å². The maximum absolute atomic E-state index is 12.2. The number of hydrogen-bond acceptors (Lipinski definition) is 5. The van der Waals surface area contributed by atoms with Crippen molar-refractivity contribution in [2.24, 2.45) is 0 Å². The zero-order valence-electron chi connectivity index (χ0n) is 15.3. The van der Waals surface area contributed by atoms with Crippen LogP contribution in [0.25, 0.3) is 10.9 Å². The topological polar surface area (TPSA) is 75.1 Å². The number of para-hydroxylation sites is 1. The number of carbonyl (C=O) groups excluding carboxylic acids is 1. The van der Waals surface area contributed by atoms with Crippen LogP contribution in [-0.2, 0) is 11.3 Å². The second-order valence-electron chi connectivity index (χ2n) is 6.73. The average molecular weight is 364 g/mol. The van der Waals surface area contributed by atoms with Crippen LogP contribution in [0, 0.1) is 0 Å². The summed E-state index contributed by atoms with van der Waals surface area (Å²) < 4.78 is 1.96. The molecule has 7 heteroatoms. The van der Waals surface area contributed by atoms with Crippen LogP contribution in [0.1, 0.15) is 12.8 Å². The second-order valence-corrected chi connectivity index (χ2v) is 6.73. The third-order valence-electron chi connectivity index (χ3n) is 4.83. The number of anilines is 2. The van der Waals surface area contributed by atoms with E-state index in [0.29, 0.717) is 19.6 Å². The summed E-state index contributed by atoms with van der Waals surface area (Å²) in [6.07, 6.45) is 5.97. The Kier molecular flexibility index (Phi) is 5.18. The summed E-state index contributed by atoms with van der Waals surface area (Å²) >= 11 is 0. The van der Waals surface area contributed by atoms with Crippen LogP contribution in [0.3, 0.4) is 0 Å². The Morgan fingerprint density at radius 2 is 1.93 bits per heavy atom. The molecule has 1 saturated heterocycles. The highest BCUT2D eigenvalue weighted by atomic mass is 16.1. The largest absolute Gasteiger partial charge is 0.368 e. The Balaban J connectivity index is 1.24. The molecule has 27 heavy (non-hydrogen) atoms. The lowest BCUT2D eigenvalue weighted by molar-refractivity contribution is -0.121. The number of hydrogen-bond donors (Lipinski definition) is 2. The number of nitrogens with zero attached hydrogens (tertiary/aromatic N) is 4. The number of fused-ring (bicyclic) bond motifs is 1. The first kappa shape index (κ1) is 17.3. The number of rotatable bonds is 7. The minimum atomic E-state index is -0.00130. The number of nitrogens with one attached hydrogen (secondary N) is 2. The van der Waals surface area contributed by atoms with Crippen molar-refractivity contribution in [2.45, 2.75) is 19.4 Å². The Morgan fingerprint density at radius 1 is 1.07 bits per heavy atom. The Morgan fingerprint density at radius 3 is 2.81 bits per heavy atom. The molecule has 2 aromatic heterocycles. The van der Waals surface area contributed by atoms with Gasteiger partial charge in [0.2, 0.25) is 5.91 Å². The van der Waals surface area contributed by atoms with Gasteiger partial charge in [-0.3, -0.25) is 4.79 Å². The van der Waals surface area contributed by atoms with Crippen LogP contribution < -0.4 is 15.5 Å². The second kappa shape index (κ2) is 8.07. The molecule has 4 rings (SSSR count). The van der Waals surface area contributed by atoms with Gasteiger partial charge in [-0.2, -0.15) is 0 Å². The molecular formula is C20H24N6O. The van der Waals surface area contributed by atoms with Crippen molar-refractivity contribution in [3.63, 3.8) is 0 Å². The van der Waals surface area contributed by atoms with Gasteiger partial charge in [0.05, 0.1) is 0 Å². The molecule has 7 nitrogen and oxygen atoms in total. The molecule has 1 aliphatic heterocycles. The number of aromatic nitrogens is 3. The molecule has 0 saturated carbocycles. The third-order valence-corrected chi connectivity index (χ3v) is 4.83. The zero-order chi connectivity index (χ0) is 18.5. The third kappa shape index (κ3) is 4.19. The van der Waals surface area contributed by atoms with E-state index in [0.717, 1.165) is 35.6 Å². The van der Waals surface area contributed by atoms with Crippen molar-refractivity contribution in [2.75, 3.05) is 36.4 Å². The molecule has 140 valence electrons.